The summed E-state index contributed by atoms with van der Waals surface area (Å²) in [5, 5.41) is 5.77. The summed E-state index contributed by atoms with van der Waals surface area (Å²) in [4.78, 5) is 39.0. The van der Waals surface area contributed by atoms with Crippen molar-refractivity contribution in [2.24, 2.45) is 11.8 Å². The van der Waals surface area contributed by atoms with E-state index in [4.69, 9.17) is 4.74 Å². The van der Waals surface area contributed by atoms with Crippen molar-refractivity contribution in [3.63, 3.8) is 0 Å². The number of urea groups is 1. The molecule has 1 saturated heterocycles. The third-order valence-electron chi connectivity index (χ3n) is 6.18. The Balaban J connectivity index is 1.50. The van der Waals surface area contributed by atoms with Gasteiger partial charge in [0.2, 0.25) is 5.91 Å². The van der Waals surface area contributed by atoms with Crippen LogP contribution in [-0.2, 0) is 16.1 Å². The smallest absolute Gasteiger partial charge is 0.338 e. The average molecular weight is 470 g/mol. The quantitative estimate of drug-likeness (QED) is 0.554. The number of halogens is 1. The summed E-state index contributed by atoms with van der Waals surface area (Å²) in [5.41, 5.74) is 1.77. The molecular weight excluding hydrogens is 437 g/mol. The lowest BCUT2D eigenvalue weighted by Gasteiger charge is -2.38. The molecule has 1 fully saturated rings. The van der Waals surface area contributed by atoms with Gasteiger partial charge in [0.05, 0.1) is 12.2 Å². The molecule has 3 rings (SSSR count). The van der Waals surface area contributed by atoms with E-state index in [1.165, 1.54) is 12.1 Å². The maximum Gasteiger partial charge on any atom is 0.338 e. The first kappa shape index (κ1) is 25.2. The van der Waals surface area contributed by atoms with Gasteiger partial charge in [0.1, 0.15) is 5.82 Å². The predicted octanol–water partition coefficient (Wildman–Crippen LogP) is 4.59. The second-order valence-corrected chi connectivity index (χ2v) is 8.50. The van der Waals surface area contributed by atoms with E-state index in [0.29, 0.717) is 37.3 Å². The summed E-state index contributed by atoms with van der Waals surface area (Å²) in [7, 11) is 0. The first-order valence-electron chi connectivity index (χ1n) is 11.7. The molecule has 1 heterocycles. The second-order valence-electron chi connectivity index (χ2n) is 8.50. The van der Waals surface area contributed by atoms with E-state index in [9.17, 15) is 18.8 Å². The third-order valence-corrected chi connectivity index (χ3v) is 6.18. The van der Waals surface area contributed by atoms with Crippen LogP contribution >= 0.6 is 0 Å². The van der Waals surface area contributed by atoms with Crippen LogP contribution in [0.2, 0.25) is 0 Å². The second kappa shape index (κ2) is 12.2. The molecule has 182 valence electrons. The van der Waals surface area contributed by atoms with Crippen molar-refractivity contribution in [2.45, 2.75) is 39.7 Å². The summed E-state index contributed by atoms with van der Waals surface area (Å²) >= 11 is 0. The Kier molecular flexibility index (Phi) is 9.01. The molecular formula is C26H32FN3O4. The Bertz CT molecular complexity index is 996. The van der Waals surface area contributed by atoms with Crippen LogP contribution in [0, 0.1) is 17.7 Å². The van der Waals surface area contributed by atoms with E-state index in [-0.39, 0.29) is 36.2 Å². The monoisotopic (exact) mass is 469 g/mol. The van der Waals surface area contributed by atoms with E-state index in [0.717, 1.165) is 18.4 Å². The van der Waals surface area contributed by atoms with Gasteiger partial charge in [-0.25, -0.2) is 14.0 Å². The molecule has 0 spiro atoms. The fourth-order valence-corrected chi connectivity index (χ4v) is 4.25. The summed E-state index contributed by atoms with van der Waals surface area (Å²) in [6.45, 7) is 5.57. The molecule has 0 bridgehead atoms. The number of hydrogen-bond acceptors (Lipinski definition) is 4. The highest BCUT2D eigenvalue weighted by Crippen LogP contribution is 2.29. The number of anilines is 1. The normalized spacial score (nSPS) is 17.7. The fraction of sp³-hybridized carbons (Fsp3) is 0.423. The van der Waals surface area contributed by atoms with E-state index in [1.54, 1.807) is 48.2 Å². The SMILES string of the molecule is CCOC(=O)c1cccc(NC(=O)N2CC[C@@H](CC(=O)NCc3ccc(F)cc3)[C@@H](CC)C2)c1. The van der Waals surface area contributed by atoms with Crippen molar-refractivity contribution in [3.8, 4) is 0 Å². The van der Waals surface area contributed by atoms with Gasteiger partial charge in [0.25, 0.3) is 0 Å². The predicted molar refractivity (Wildman–Crippen MR) is 128 cm³/mol. The molecule has 2 aromatic rings. The lowest BCUT2D eigenvalue weighted by molar-refractivity contribution is -0.123. The Morgan fingerprint density at radius 1 is 1.09 bits per heavy atom. The zero-order chi connectivity index (χ0) is 24.5. The summed E-state index contributed by atoms with van der Waals surface area (Å²) in [6.07, 6.45) is 1.99. The molecule has 0 unspecified atom stereocenters. The molecule has 0 radical (unpaired) electrons. The van der Waals surface area contributed by atoms with Crippen LogP contribution in [0.4, 0.5) is 14.9 Å². The van der Waals surface area contributed by atoms with Crippen molar-refractivity contribution < 1.29 is 23.5 Å². The first-order valence-corrected chi connectivity index (χ1v) is 11.7. The van der Waals surface area contributed by atoms with Gasteiger partial charge in [-0.15, -0.1) is 0 Å². The topological polar surface area (TPSA) is 87.7 Å². The van der Waals surface area contributed by atoms with Gasteiger partial charge in [-0.1, -0.05) is 31.5 Å². The average Bonchev–Trinajstić information content (AvgIpc) is 2.84. The van der Waals surface area contributed by atoms with Crippen LogP contribution in [0.15, 0.2) is 48.5 Å². The van der Waals surface area contributed by atoms with Crippen LogP contribution in [0.5, 0.6) is 0 Å². The number of carbonyl (C=O) groups excluding carboxylic acids is 3. The Labute approximate surface area is 199 Å². The molecule has 0 aromatic heterocycles. The minimum absolute atomic E-state index is 0.0403. The van der Waals surface area contributed by atoms with Crippen molar-refractivity contribution in [3.05, 3.63) is 65.5 Å². The maximum atomic E-state index is 13.0. The first-order chi connectivity index (χ1) is 16.4. The highest BCUT2D eigenvalue weighted by atomic mass is 19.1. The highest BCUT2D eigenvalue weighted by molar-refractivity contribution is 5.94. The standard InChI is InChI=1S/C26H32FN3O4/c1-3-19-17-30(26(33)29-23-7-5-6-21(14-23)25(32)34-4-2)13-12-20(19)15-24(31)28-16-18-8-10-22(27)11-9-18/h5-11,14,19-20H,3-4,12-13,15-17H2,1-2H3,(H,28,31)(H,29,33)/t19-,20-/m0/s1. The molecule has 8 heteroatoms. The van der Waals surface area contributed by atoms with Crippen LogP contribution in [0.1, 0.15) is 49.0 Å². The fourth-order valence-electron chi connectivity index (χ4n) is 4.25. The summed E-state index contributed by atoms with van der Waals surface area (Å²) in [5.74, 6) is -0.371. The molecule has 1 aliphatic heterocycles. The van der Waals surface area contributed by atoms with Crippen LogP contribution in [0.3, 0.4) is 0 Å². The van der Waals surface area contributed by atoms with Crippen LogP contribution in [0.25, 0.3) is 0 Å². The highest BCUT2D eigenvalue weighted by Gasteiger charge is 2.31. The van der Waals surface area contributed by atoms with Gasteiger partial charge < -0.3 is 20.3 Å². The number of ether oxygens (including phenoxy) is 1. The van der Waals surface area contributed by atoms with Gasteiger partial charge in [0, 0.05) is 31.7 Å². The summed E-state index contributed by atoms with van der Waals surface area (Å²) in [6, 6.07) is 12.5. The minimum atomic E-state index is -0.428. The molecule has 34 heavy (non-hydrogen) atoms. The minimum Gasteiger partial charge on any atom is -0.462 e. The van der Waals surface area contributed by atoms with Gasteiger partial charge in [-0.05, 0) is 61.1 Å². The Hall–Kier alpha value is -3.42. The summed E-state index contributed by atoms with van der Waals surface area (Å²) < 4.78 is 18.0. The number of hydrogen-bond donors (Lipinski definition) is 2. The number of likely N-dealkylation sites (tertiary alicyclic amines) is 1. The molecule has 2 atom stereocenters. The van der Waals surface area contributed by atoms with Gasteiger partial charge in [0.15, 0.2) is 0 Å². The number of carbonyl (C=O) groups is 3. The lowest BCUT2D eigenvalue weighted by Crippen LogP contribution is -2.46. The van der Waals surface area contributed by atoms with Crippen molar-refractivity contribution in [1.82, 2.24) is 10.2 Å². The molecule has 1 aliphatic rings. The number of nitrogens with one attached hydrogen (secondary N) is 2. The molecule has 0 aliphatic carbocycles. The number of nitrogens with zero attached hydrogens (tertiary/aromatic N) is 1. The van der Waals surface area contributed by atoms with E-state index < -0.39 is 5.97 Å². The van der Waals surface area contributed by atoms with Gasteiger partial charge in [-0.3, -0.25) is 4.79 Å². The molecule has 3 amide bonds. The Morgan fingerprint density at radius 2 is 1.85 bits per heavy atom. The maximum absolute atomic E-state index is 13.0. The van der Waals surface area contributed by atoms with Crippen LogP contribution in [-0.4, -0.2) is 42.5 Å². The van der Waals surface area contributed by atoms with E-state index >= 15 is 0 Å². The van der Waals surface area contributed by atoms with Crippen LogP contribution < -0.4 is 10.6 Å². The zero-order valence-electron chi connectivity index (χ0n) is 19.7. The third kappa shape index (κ3) is 7.04. The van der Waals surface area contributed by atoms with Gasteiger partial charge >= 0.3 is 12.0 Å². The lowest BCUT2D eigenvalue weighted by atomic mass is 9.81. The number of amides is 3. The largest absolute Gasteiger partial charge is 0.462 e. The molecule has 2 N–H and O–H groups in total. The molecule has 7 nitrogen and oxygen atoms in total. The molecule has 2 aromatic carbocycles. The number of benzene rings is 2. The number of esters is 1. The van der Waals surface area contributed by atoms with Crippen molar-refractivity contribution in [2.75, 3.05) is 25.0 Å². The van der Waals surface area contributed by atoms with E-state index in [1.807, 2.05) is 0 Å². The Morgan fingerprint density at radius 3 is 2.56 bits per heavy atom. The van der Waals surface area contributed by atoms with E-state index in [2.05, 4.69) is 17.6 Å². The van der Waals surface area contributed by atoms with Crippen molar-refractivity contribution >= 4 is 23.6 Å². The number of piperidine rings is 1. The van der Waals surface area contributed by atoms with Gasteiger partial charge in [-0.2, -0.15) is 0 Å². The number of rotatable bonds is 8. The zero-order valence-corrected chi connectivity index (χ0v) is 19.7. The molecule has 0 saturated carbocycles. The van der Waals surface area contributed by atoms with Crippen molar-refractivity contribution in [1.29, 1.82) is 0 Å².